The van der Waals surface area contributed by atoms with Gasteiger partial charge in [-0.3, -0.25) is 6.08 Å². The molecule has 0 fully saturated rings. The molecule has 0 aromatic rings. The van der Waals surface area contributed by atoms with Gasteiger partial charge < -0.3 is 5.92 Å². The van der Waals surface area contributed by atoms with Gasteiger partial charge in [0.1, 0.15) is 0 Å². The Morgan fingerprint density at radius 1 is 1.31 bits per heavy atom. The average molecular weight is 340 g/mol. The summed E-state index contributed by atoms with van der Waals surface area (Å²) < 4.78 is 0. The van der Waals surface area contributed by atoms with Crippen LogP contribution in [0.25, 0.3) is 0 Å². The third-order valence-electron chi connectivity index (χ3n) is 1.22. The van der Waals surface area contributed by atoms with Crippen molar-refractivity contribution in [1.29, 1.82) is 0 Å². The molecule has 0 N–H and O–H groups in total. The molecule has 0 heterocycles. The Morgan fingerprint density at radius 2 is 1.81 bits per heavy atom. The van der Waals surface area contributed by atoms with Crippen molar-refractivity contribution in [2.45, 2.75) is 20.3 Å². The van der Waals surface area contributed by atoms with Gasteiger partial charge in [0.15, 0.2) is 0 Å². The molecule has 16 heavy (non-hydrogen) atoms. The van der Waals surface area contributed by atoms with Gasteiger partial charge in [0.05, 0.1) is 0 Å². The summed E-state index contributed by atoms with van der Waals surface area (Å²) in [5.41, 5.74) is 0. The molecule has 1 aliphatic carbocycles. The molecule has 0 amide bonds. The van der Waals surface area contributed by atoms with Crippen LogP contribution in [0.3, 0.4) is 0 Å². The molecule has 96 valence electrons. The summed E-state index contributed by atoms with van der Waals surface area (Å²) in [5.74, 6) is 1.57. The molecule has 0 radical (unpaired) electrons. The molecule has 0 spiro atoms. The van der Waals surface area contributed by atoms with Crippen molar-refractivity contribution < 1.29 is 12.3 Å². The maximum atomic E-state index is 4.95. The summed E-state index contributed by atoms with van der Waals surface area (Å²) in [7, 11) is 15.2. The third kappa shape index (κ3) is 29.5. The van der Waals surface area contributed by atoms with Crippen molar-refractivity contribution in [1.82, 2.24) is 0 Å². The number of rotatable bonds is 2. The van der Waals surface area contributed by atoms with E-state index in [0.717, 1.165) is 6.42 Å². The second kappa shape index (κ2) is 14.4. The molecule has 0 unspecified atom stereocenters. The summed E-state index contributed by atoms with van der Waals surface area (Å²) in [5, 5.41) is 0. The van der Waals surface area contributed by atoms with Gasteiger partial charge in [-0.2, -0.15) is 26.1 Å². The van der Waals surface area contributed by atoms with E-state index in [1.807, 2.05) is 12.2 Å². The molecule has 1 rings (SSSR count). The van der Waals surface area contributed by atoms with Gasteiger partial charge in [-0.1, -0.05) is 0 Å². The van der Waals surface area contributed by atoms with E-state index in [1.54, 1.807) is 5.92 Å². The molecule has 0 saturated carbocycles. The first-order valence-electron chi connectivity index (χ1n) is 4.79. The SMILES string of the molecule is C[C-](C)CP(C)C.[C-]1=CC=CC1.[Cl][V]([Cl])[Cl]. The Bertz CT molecular complexity index is 173. The number of hydrogen-bond donors (Lipinski definition) is 0. The minimum atomic E-state index is -1.77. The fourth-order valence-electron chi connectivity index (χ4n) is 0.973. The predicted molar refractivity (Wildman–Crippen MR) is 77.4 cm³/mol. The van der Waals surface area contributed by atoms with Crippen molar-refractivity contribution in [3.8, 4) is 0 Å². The number of hydrogen-bond acceptors (Lipinski definition) is 0. The van der Waals surface area contributed by atoms with Crippen LogP contribution in [-0.4, -0.2) is 19.5 Å². The van der Waals surface area contributed by atoms with E-state index in [2.05, 4.69) is 39.3 Å². The summed E-state index contributed by atoms with van der Waals surface area (Å²) in [6.07, 6.45) is 11.3. The van der Waals surface area contributed by atoms with Crippen molar-refractivity contribution in [3.63, 3.8) is 0 Å². The predicted octanol–water partition coefficient (Wildman–Crippen LogP) is 5.71. The van der Waals surface area contributed by atoms with Gasteiger partial charge >= 0.3 is 41.8 Å². The van der Waals surface area contributed by atoms with E-state index >= 15 is 0 Å². The van der Waals surface area contributed by atoms with Crippen molar-refractivity contribution in [2.75, 3.05) is 19.5 Å². The van der Waals surface area contributed by atoms with Crippen LogP contribution in [0.15, 0.2) is 18.2 Å². The van der Waals surface area contributed by atoms with Crippen LogP contribution in [0.4, 0.5) is 0 Å². The van der Waals surface area contributed by atoms with Crippen molar-refractivity contribution >= 4 is 37.5 Å². The standard InChI is InChI=1S/C6H14P.C5H5.3ClH.V/c1-6(2)5-7(3)4;1-2-4-5-3-1;;;;/h5H2,1-4H3;1-3H,4H2;3*1H;/q2*-1;;;;+3/p-3. The molecular weight excluding hydrogens is 320 g/mol. The first-order valence-corrected chi connectivity index (χ1v) is 13.0. The van der Waals surface area contributed by atoms with E-state index in [9.17, 15) is 0 Å². The second-order valence-electron chi connectivity index (χ2n) is 3.64. The second-order valence-corrected chi connectivity index (χ2v) is 13.0. The first-order chi connectivity index (χ1) is 7.36. The van der Waals surface area contributed by atoms with Crippen LogP contribution < -0.4 is 0 Å². The molecule has 0 aromatic heterocycles. The third-order valence-corrected chi connectivity index (χ3v) is 2.48. The molecule has 0 bridgehead atoms. The van der Waals surface area contributed by atoms with E-state index in [1.165, 1.54) is 6.16 Å². The molecule has 1 aliphatic rings. The van der Waals surface area contributed by atoms with Crippen LogP contribution in [0.1, 0.15) is 20.3 Å². The zero-order valence-corrected chi connectivity index (χ0v) is 14.7. The average Bonchev–Trinajstić information content (AvgIpc) is 2.54. The van der Waals surface area contributed by atoms with E-state index in [-0.39, 0.29) is 0 Å². The Morgan fingerprint density at radius 3 is 1.88 bits per heavy atom. The molecule has 0 aromatic carbocycles. The van der Waals surface area contributed by atoms with Crippen LogP contribution in [-0.2, 0) is 12.3 Å². The fourth-order valence-corrected chi connectivity index (χ4v) is 2.24. The Labute approximate surface area is 119 Å². The van der Waals surface area contributed by atoms with Gasteiger partial charge in [-0.25, -0.2) is 12.2 Å². The monoisotopic (exact) mass is 338 g/mol. The molecule has 5 heteroatoms. The quantitative estimate of drug-likeness (QED) is 0.446. The number of allylic oxidation sites excluding steroid dienone is 4. The first kappa shape index (κ1) is 19.7. The zero-order chi connectivity index (χ0) is 13.0. The van der Waals surface area contributed by atoms with Gasteiger partial charge in [0.25, 0.3) is 0 Å². The maximum absolute atomic E-state index is 4.95. The molecule has 0 nitrogen and oxygen atoms in total. The molecule has 0 saturated heterocycles. The van der Waals surface area contributed by atoms with Gasteiger partial charge in [-0.15, -0.1) is 14.3 Å². The topological polar surface area (TPSA) is 0 Å². The van der Waals surface area contributed by atoms with Gasteiger partial charge in [0.2, 0.25) is 0 Å². The summed E-state index contributed by atoms with van der Waals surface area (Å²) >= 11 is -1.77. The fraction of sp³-hybridized carbons (Fsp3) is 0.545. The van der Waals surface area contributed by atoms with E-state index < -0.39 is 12.3 Å². The Hall–Kier alpha value is 1.36. The Kier molecular flexibility index (Phi) is 17.8. The molecule has 0 atom stereocenters. The Balaban J connectivity index is 0. The summed E-state index contributed by atoms with van der Waals surface area (Å²) in [6, 6.07) is 0. The van der Waals surface area contributed by atoms with Crippen LogP contribution in [0.2, 0.25) is 0 Å². The minimum absolute atomic E-state index is 0.323. The zero-order valence-electron chi connectivity index (χ0n) is 10.2. The van der Waals surface area contributed by atoms with Gasteiger partial charge in [-0.05, 0) is 13.3 Å². The van der Waals surface area contributed by atoms with Crippen LogP contribution in [0.5, 0.6) is 0 Å². The van der Waals surface area contributed by atoms with Crippen LogP contribution in [0, 0.1) is 12.0 Å². The number of halogens is 3. The van der Waals surface area contributed by atoms with E-state index in [0.29, 0.717) is 7.92 Å². The van der Waals surface area contributed by atoms with Crippen molar-refractivity contribution in [3.05, 3.63) is 30.2 Å². The molecule has 0 aliphatic heterocycles. The molecular formula is C11H19Cl3PV-2. The van der Waals surface area contributed by atoms with E-state index in [4.69, 9.17) is 29.5 Å². The normalized spacial score (nSPS) is 12.6. The van der Waals surface area contributed by atoms with Crippen molar-refractivity contribution in [2.24, 2.45) is 0 Å². The van der Waals surface area contributed by atoms with Crippen LogP contribution >= 0.6 is 37.5 Å². The van der Waals surface area contributed by atoms with Gasteiger partial charge in [0, 0.05) is 0 Å². The summed E-state index contributed by atoms with van der Waals surface area (Å²) in [6.45, 7) is 9.01. The summed E-state index contributed by atoms with van der Waals surface area (Å²) in [4.78, 5) is 0.